The lowest BCUT2D eigenvalue weighted by atomic mass is 10.1. The van der Waals surface area contributed by atoms with Crippen molar-refractivity contribution in [2.24, 2.45) is 11.7 Å². The van der Waals surface area contributed by atoms with E-state index in [0.717, 1.165) is 32.5 Å². The van der Waals surface area contributed by atoms with Crippen LogP contribution in [0, 0.1) is 5.92 Å². The first-order valence-electron chi connectivity index (χ1n) is 6.29. The minimum absolute atomic E-state index is 0.113. The summed E-state index contributed by atoms with van der Waals surface area (Å²) in [6.07, 6.45) is 2.09. The van der Waals surface area contributed by atoms with Crippen LogP contribution in [0.5, 0.6) is 0 Å². The molecule has 0 aliphatic rings. The van der Waals surface area contributed by atoms with E-state index < -0.39 is 0 Å². The molecule has 0 saturated carbocycles. The molecule has 1 amide bonds. The van der Waals surface area contributed by atoms with Crippen LogP contribution < -0.4 is 11.1 Å². The zero-order chi connectivity index (χ0) is 12.4. The van der Waals surface area contributed by atoms with Crippen molar-refractivity contribution in [1.29, 1.82) is 0 Å². The van der Waals surface area contributed by atoms with Gasteiger partial charge in [-0.2, -0.15) is 0 Å². The first kappa shape index (κ1) is 15.4. The van der Waals surface area contributed by atoms with Crippen molar-refractivity contribution < 1.29 is 4.79 Å². The summed E-state index contributed by atoms with van der Waals surface area (Å²) in [7, 11) is 0. The van der Waals surface area contributed by atoms with Gasteiger partial charge >= 0.3 is 0 Å². The summed E-state index contributed by atoms with van der Waals surface area (Å²) in [5.74, 6) is 0.749. The summed E-state index contributed by atoms with van der Waals surface area (Å²) in [4.78, 5) is 13.7. The van der Waals surface area contributed by atoms with E-state index in [9.17, 15) is 4.79 Å². The Morgan fingerprint density at radius 3 is 2.56 bits per heavy atom. The van der Waals surface area contributed by atoms with Crippen LogP contribution in [0.4, 0.5) is 0 Å². The molecule has 0 aromatic heterocycles. The molecule has 0 aromatic rings. The molecule has 96 valence electrons. The van der Waals surface area contributed by atoms with Gasteiger partial charge < -0.3 is 11.1 Å². The second kappa shape index (κ2) is 9.60. The fraction of sp³-hybridized carbons (Fsp3) is 0.917. The van der Waals surface area contributed by atoms with E-state index in [1.54, 1.807) is 0 Å². The van der Waals surface area contributed by atoms with Crippen LogP contribution in [-0.2, 0) is 4.79 Å². The van der Waals surface area contributed by atoms with Crippen LogP contribution in [0.1, 0.15) is 33.6 Å². The van der Waals surface area contributed by atoms with Gasteiger partial charge in [-0.05, 0) is 25.3 Å². The molecule has 0 rings (SSSR count). The Labute approximate surface area is 99.6 Å². The highest BCUT2D eigenvalue weighted by Gasteiger charge is 2.08. The summed E-state index contributed by atoms with van der Waals surface area (Å²) in [5.41, 5.74) is 5.50. The van der Waals surface area contributed by atoms with E-state index in [1.807, 2.05) is 0 Å². The minimum atomic E-state index is 0.113. The van der Waals surface area contributed by atoms with E-state index in [-0.39, 0.29) is 5.91 Å². The van der Waals surface area contributed by atoms with E-state index in [2.05, 4.69) is 31.0 Å². The number of carbonyl (C=O) groups excluding carboxylic acids is 1. The van der Waals surface area contributed by atoms with Gasteiger partial charge in [-0.25, -0.2) is 0 Å². The number of rotatable bonds is 9. The van der Waals surface area contributed by atoms with Gasteiger partial charge in [0.15, 0.2) is 0 Å². The molecular formula is C12H27N3O. The monoisotopic (exact) mass is 229 g/mol. The standard InChI is InChI=1S/C12H27N3O/c1-4-8-15(9-6-13)10-12(16)14-7-5-11(2)3/h11H,4-10,13H2,1-3H3,(H,14,16). The minimum Gasteiger partial charge on any atom is -0.355 e. The number of amides is 1. The molecule has 0 fully saturated rings. The first-order chi connectivity index (χ1) is 7.60. The molecule has 0 heterocycles. The van der Waals surface area contributed by atoms with Crippen LogP contribution >= 0.6 is 0 Å². The van der Waals surface area contributed by atoms with Crippen molar-refractivity contribution in [1.82, 2.24) is 10.2 Å². The van der Waals surface area contributed by atoms with Crippen LogP contribution in [0.2, 0.25) is 0 Å². The lowest BCUT2D eigenvalue weighted by Crippen LogP contribution is -2.40. The number of nitrogens with two attached hydrogens (primary N) is 1. The Hall–Kier alpha value is -0.610. The van der Waals surface area contributed by atoms with Gasteiger partial charge in [0.2, 0.25) is 5.91 Å². The molecule has 0 aromatic carbocycles. The summed E-state index contributed by atoms with van der Waals surface area (Å²) in [6.45, 7) is 10.0. The molecule has 0 aliphatic carbocycles. The number of carbonyl (C=O) groups is 1. The molecule has 4 heteroatoms. The van der Waals surface area contributed by atoms with Crippen molar-refractivity contribution in [3.63, 3.8) is 0 Å². The van der Waals surface area contributed by atoms with Gasteiger partial charge in [0.1, 0.15) is 0 Å². The zero-order valence-corrected chi connectivity index (χ0v) is 11.0. The molecular weight excluding hydrogens is 202 g/mol. The van der Waals surface area contributed by atoms with Gasteiger partial charge in [-0.3, -0.25) is 9.69 Å². The van der Waals surface area contributed by atoms with Gasteiger partial charge in [0.25, 0.3) is 0 Å². The Morgan fingerprint density at radius 2 is 2.06 bits per heavy atom. The topological polar surface area (TPSA) is 58.4 Å². The van der Waals surface area contributed by atoms with Crippen molar-refractivity contribution in [2.75, 3.05) is 32.7 Å². The third kappa shape index (κ3) is 8.68. The van der Waals surface area contributed by atoms with Crippen molar-refractivity contribution in [3.05, 3.63) is 0 Å². The Balaban J connectivity index is 3.72. The Kier molecular flexibility index (Phi) is 9.24. The molecule has 3 N–H and O–H groups in total. The highest BCUT2D eigenvalue weighted by atomic mass is 16.2. The fourth-order valence-corrected chi connectivity index (χ4v) is 1.53. The molecule has 16 heavy (non-hydrogen) atoms. The van der Waals surface area contributed by atoms with Crippen molar-refractivity contribution >= 4 is 5.91 Å². The van der Waals surface area contributed by atoms with Crippen molar-refractivity contribution in [3.8, 4) is 0 Å². The van der Waals surface area contributed by atoms with Gasteiger partial charge in [0.05, 0.1) is 6.54 Å². The third-order valence-electron chi connectivity index (χ3n) is 2.40. The molecule has 0 unspecified atom stereocenters. The maximum Gasteiger partial charge on any atom is 0.234 e. The van der Waals surface area contributed by atoms with Crippen LogP contribution in [0.15, 0.2) is 0 Å². The third-order valence-corrected chi connectivity index (χ3v) is 2.40. The fourth-order valence-electron chi connectivity index (χ4n) is 1.53. The quantitative estimate of drug-likeness (QED) is 0.615. The van der Waals surface area contributed by atoms with E-state index >= 15 is 0 Å². The predicted octanol–water partition coefficient (Wildman–Crippen LogP) is 0.819. The lowest BCUT2D eigenvalue weighted by Gasteiger charge is -2.20. The SMILES string of the molecule is CCCN(CCN)CC(=O)NCCC(C)C. The molecule has 4 nitrogen and oxygen atoms in total. The maximum absolute atomic E-state index is 11.6. The molecule has 0 aliphatic heterocycles. The lowest BCUT2D eigenvalue weighted by molar-refractivity contribution is -0.122. The molecule has 0 radical (unpaired) electrons. The number of hydrogen-bond acceptors (Lipinski definition) is 3. The molecule has 0 spiro atoms. The van der Waals surface area contributed by atoms with E-state index in [0.29, 0.717) is 19.0 Å². The van der Waals surface area contributed by atoms with Gasteiger partial charge in [0, 0.05) is 19.6 Å². The average Bonchev–Trinajstić information content (AvgIpc) is 2.17. The largest absolute Gasteiger partial charge is 0.355 e. The van der Waals surface area contributed by atoms with Crippen LogP contribution in [-0.4, -0.2) is 43.5 Å². The van der Waals surface area contributed by atoms with Crippen molar-refractivity contribution in [2.45, 2.75) is 33.6 Å². The van der Waals surface area contributed by atoms with E-state index in [4.69, 9.17) is 5.73 Å². The smallest absolute Gasteiger partial charge is 0.234 e. The molecule has 0 bridgehead atoms. The summed E-state index contributed by atoms with van der Waals surface area (Å²) >= 11 is 0. The second-order valence-electron chi connectivity index (χ2n) is 4.60. The number of hydrogen-bond donors (Lipinski definition) is 2. The first-order valence-corrected chi connectivity index (χ1v) is 6.29. The molecule has 0 saturated heterocycles. The van der Waals surface area contributed by atoms with E-state index in [1.165, 1.54) is 0 Å². The Bertz CT molecular complexity index is 177. The number of nitrogens with zero attached hydrogens (tertiary/aromatic N) is 1. The highest BCUT2D eigenvalue weighted by molar-refractivity contribution is 5.77. The van der Waals surface area contributed by atoms with Gasteiger partial charge in [-0.15, -0.1) is 0 Å². The predicted molar refractivity (Wildman–Crippen MR) is 68.3 cm³/mol. The number of nitrogens with one attached hydrogen (secondary N) is 1. The zero-order valence-electron chi connectivity index (χ0n) is 11.0. The summed E-state index contributed by atoms with van der Waals surface area (Å²) in [6, 6.07) is 0. The Morgan fingerprint density at radius 1 is 1.38 bits per heavy atom. The summed E-state index contributed by atoms with van der Waals surface area (Å²) < 4.78 is 0. The maximum atomic E-state index is 11.6. The normalized spacial score (nSPS) is 11.1. The highest BCUT2D eigenvalue weighted by Crippen LogP contribution is 1.96. The summed E-state index contributed by atoms with van der Waals surface area (Å²) in [5, 5.41) is 2.94. The second-order valence-corrected chi connectivity index (χ2v) is 4.60. The van der Waals surface area contributed by atoms with Crippen LogP contribution in [0.3, 0.4) is 0 Å². The molecule has 0 atom stereocenters. The van der Waals surface area contributed by atoms with Gasteiger partial charge in [-0.1, -0.05) is 20.8 Å². The van der Waals surface area contributed by atoms with Crippen LogP contribution in [0.25, 0.3) is 0 Å². The average molecular weight is 229 g/mol.